The standard InChI is InChI=1S/C45H28S/c1-3-13-31(14-4-1)45(32-15-5-2-6-16-32)39-26-23-29-12-7-8-17-34(29)43(39)38-24-22-30(28-40(38)45)33-25-27-42-44-36(33)19-11-20-37(44)35-18-9-10-21-41(35)46-42/h1-28H. The molecule has 2 aliphatic rings. The molecule has 1 heteroatoms. The van der Waals surface area contributed by atoms with Gasteiger partial charge in [-0.05, 0) is 90.0 Å². The Kier molecular flexibility index (Phi) is 5.53. The van der Waals surface area contributed by atoms with Gasteiger partial charge in [0.1, 0.15) is 0 Å². The van der Waals surface area contributed by atoms with Crippen molar-refractivity contribution in [3.05, 3.63) is 192 Å². The third-order valence-corrected chi connectivity index (χ3v) is 11.3. The average molecular weight is 601 g/mol. The van der Waals surface area contributed by atoms with Gasteiger partial charge in [0.2, 0.25) is 0 Å². The minimum Gasteiger partial charge on any atom is -0.0888 e. The summed E-state index contributed by atoms with van der Waals surface area (Å²) in [6, 6.07) is 63.3. The third kappa shape index (κ3) is 3.47. The predicted molar refractivity (Wildman–Crippen MR) is 194 cm³/mol. The fourth-order valence-electron chi connectivity index (χ4n) is 8.26. The van der Waals surface area contributed by atoms with Crippen LogP contribution in [0.3, 0.4) is 0 Å². The van der Waals surface area contributed by atoms with Gasteiger partial charge in [0, 0.05) is 15.2 Å². The molecule has 0 saturated heterocycles. The zero-order valence-corrected chi connectivity index (χ0v) is 25.9. The first-order chi connectivity index (χ1) is 22.8. The van der Waals surface area contributed by atoms with Gasteiger partial charge in [0.25, 0.3) is 0 Å². The van der Waals surface area contributed by atoms with Gasteiger partial charge in [0.15, 0.2) is 0 Å². The van der Waals surface area contributed by atoms with Gasteiger partial charge in [-0.3, -0.25) is 0 Å². The lowest BCUT2D eigenvalue weighted by Gasteiger charge is -2.34. The Morgan fingerprint density at radius 2 is 1.07 bits per heavy atom. The highest BCUT2D eigenvalue weighted by molar-refractivity contribution is 7.99. The second kappa shape index (κ2) is 9.81. The van der Waals surface area contributed by atoms with Gasteiger partial charge in [-0.1, -0.05) is 163 Å². The molecule has 8 aromatic rings. The Morgan fingerprint density at radius 3 is 1.89 bits per heavy atom. The summed E-state index contributed by atoms with van der Waals surface area (Å²) in [6.07, 6.45) is 0. The van der Waals surface area contributed by atoms with Crippen molar-refractivity contribution in [2.24, 2.45) is 0 Å². The second-order valence-electron chi connectivity index (χ2n) is 12.4. The molecule has 1 heterocycles. The maximum absolute atomic E-state index is 2.50. The smallest absolute Gasteiger partial charge is 0.0714 e. The van der Waals surface area contributed by atoms with Crippen LogP contribution in [0, 0.1) is 0 Å². The molecule has 0 bridgehead atoms. The van der Waals surface area contributed by atoms with Crippen LogP contribution in [0.25, 0.3) is 54.9 Å². The predicted octanol–water partition coefficient (Wildman–Crippen LogP) is 12.2. The molecule has 0 saturated carbocycles. The Labute approximate surface area is 273 Å². The molecule has 0 fully saturated rings. The van der Waals surface area contributed by atoms with Gasteiger partial charge in [-0.2, -0.15) is 0 Å². The topological polar surface area (TPSA) is 0 Å². The van der Waals surface area contributed by atoms with Gasteiger partial charge < -0.3 is 0 Å². The van der Waals surface area contributed by atoms with Crippen LogP contribution in [0.5, 0.6) is 0 Å². The monoisotopic (exact) mass is 600 g/mol. The van der Waals surface area contributed by atoms with E-state index in [9.17, 15) is 0 Å². The maximum Gasteiger partial charge on any atom is 0.0714 e. The van der Waals surface area contributed by atoms with E-state index >= 15 is 0 Å². The number of hydrogen-bond acceptors (Lipinski definition) is 1. The van der Waals surface area contributed by atoms with E-state index in [1.165, 1.54) is 87.0 Å². The molecule has 214 valence electrons. The molecule has 0 nitrogen and oxygen atoms in total. The lowest BCUT2D eigenvalue weighted by atomic mass is 9.67. The van der Waals surface area contributed by atoms with E-state index < -0.39 is 5.41 Å². The zero-order chi connectivity index (χ0) is 30.2. The molecule has 0 aromatic heterocycles. The minimum atomic E-state index is -0.450. The van der Waals surface area contributed by atoms with E-state index in [1.54, 1.807) is 0 Å². The lowest BCUT2D eigenvalue weighted by Crippen LogP contribution is -2.28. The lowest BCUT2D eigenvalue weighted by molar-refractivity contribution is 0.769. The molecular formula is C45H28S. The van der Waals surface area contributed by atoms with E-state index in [0.717, 1.165) is 0 Å². The Balaban J connectivity index is 1.30. The molecule has 8 aromatic carbocycles. The Hall–Kier alpha value is -5.37. The molecule has 0 unspecified atom stereocenters. The maximum atomic E-state index is 2.50. The van der Waals surface area contributed by atoms with Gasteiger partial charge >= 0.3 is 0 Å². The van der Waals surface area contributed by atoms with Crippen LogP contribution in [0.1, 0.15) is 22.3 Å². The highest BCUT2D eigenvalue weighted by Crippen LogP contribution is 2.59. The van der Waals surface area contributed by atoms with Crippen LogP contribution in [0.15, 0.2) is 180 Å². The molecule has 0 amide bonds. The van der Waals surface area contributed by atoms with Crippen molar-refractivity contribution in [1.29, 1.82) is 0 Å². The van der Waals surface area contributed by atoms with Gasteiger partial charge in [-0.15, -0.1) is 0 Å². The third-order valence-electron chi connectivity index (χ3n) is 10.2. The van der Waals surface area contributed by atoms with E-state index in [-0.39, 0.29) is 0 Å². The van der Waals surface area contributed by atoms with Crippen molar-refractivity contribution in [3.63, 3.8) is 0 Å². The number of benzene rings is 8. The summed E-state index contributed by atoms with van der Waals surface area (Å²) in [5, 5.41) is 5.24. The quantitative estimate of drug-likeness (QED) is 0.194. The fraction of sp³-hybridized carbons (Fsp3) is 0.0222. The van der Waals surface area contributed by atoms with Crippen LogP contribution in [0.2, 0.25) is 0 Å². The van der Waals surface area contributed by atoms with E-state index in [4.69, 9.17) is 0 Å². The molecule has 0 atom stereocenters. The van der Waals surface area contributed by atoms with Crippen molar-refractivity contribution in [3.8, 4) is 33.4 Å². The van der Waals surface area contributed by atoms with Crippen LogP contribution in [-0.2, 0) is 5.41 Å². The largest absolute Gasteiger partial charge is 0.0888 e. The van der Waals surface area contributed by atoms with Crippen LogP contribution >= 0.6 is 11.8 Å². The summed E-state index contributed by atoms with van der Waals surface area (Å²) in [4.78, 5) is 2.66. The number of fused-ring (bicyclic) bond motifs is 7. The first-order valence-electron chi connectivity index (χ1n) is 15.9. The molecule has 0 N–H and O–H groups in total. The van der Waals surface area contributed by atoms with E-state index in [1.807, 2.05) is 11.8 Å². The molecule has 46 heavy (non-hydrogen) atoms. The first-order valence-corrected chi connectivity index (χ1v) is 16.8. The highest BCUT2D eigenvalue weighted by atomic mass is 32.2. The molecule has 1 aliphatic heterocycles. The summed E-state index contributed by atoms with van der Waals surface area (Å²) < 4.78 is 0. The zero-order valence-electron chi connectivity index (χ0n) is 25.1. The Bertz CT molecular complexity index is 2450. The molecular weight excluding hydrogens is 573 g/mol. The number of hydrogen-bond donors (Lipinski definition) is 0. The van der Waals surface area contributed by atoms with Crippen molar-refractivity contribution in [2.75, 3.05) is 0 Å². The summed E-state index contributed by atoms with van der Waals surface area (Å²) in [5.74, 6) is 0. The SMILES string of the molecule is c1ccc(C2(c3ccccc3)c3cc(-c4ccc5c6c(cccc46)-c4ccccc4S5)ccc3-c3c2ccc2ccccc32)cc1. The van der Waals surface area contributed by atoms with E-state index in [0.29, 0.717) is 0 Å². The normalized spacial score (nSPS) is 13.7. The van der Waals surface area contributed by atoms with Crippen molar-refractivity contribution in [2.45, 2.75) is 15.2 Å². The van der Waals surface area contributed by atoms with Crippen molar-refractivity contribution in [1.82, 2.24) is 0 Å². The van der Waals surface area contributed by atoms with Gasteiger partial charge in [-0.25, -0.2) is 0 Å². The molecule has 0 spiro atoms. The minimum absolute atomic E-state index is 0.450. The fourth-order valence-corrected chi connectivity index (χ4v) is 9.39. The van der Waals surface area contributed by atoms with Crippen molar-refractivity contribution < 1.29 is 0 Å². The van der Waals surface area contributed by atoms with E-state index in [2.05, 4.69) is 170 Å². The van der Waals surface area contributed by atoms with Crippen LogP contribution in [-0.4, -0.2) is 0 Å². The summed E-state index contributed by atoms with van der Waals surface area (Å²) in [5.41, 5.74) is 12.7. The summed E-state index contributed by atoms with van der Waals surface area (Å²) in [6.45, 7) is 0. The summed E-state index contributed by atoms with van der Waals surface area (Å²) >= 11 is 1.89. The molecule has 1 aliphatic carbocycles. The Morgan fingerprint density at radius 1 is 0.391 bits per heavy atom. The first kappa shape index (κ1) is 25.9. The van der Waals surface area contributed by atoms with Crippen molar-refractivity contribution >= 4 is 33.3 Å². The number of rotatable bonds is 3. The molecule has 0 radical (unpaired) electrons. The van der Waals surface area contributed by atoms with Gasteiger partial charge in [0.05, 0.1) is 5.41 Å². The average Bonchev–Trinajstić information content (AvgIpc) is 3.43. The molecule has 10 rings (SSSR count). The summed E-state index contributed by atoms with van der Waals surface area (Å²) in [7, 11) is 0. The van der Waals surface area contributed by atoms with Crippen LogP contribution in [0.4, 0.5) is 0 Å². The highest BCUT2D eigenvalue weighted by Gasteiger charge is 2.46. The second-order valence-corrected chi connectivity index (χ2v) is 13.5. The van der Waals surface area contributed by atoms with Crippen LogP contribution < -0.4 is 0 Å².